The van der Waals surface area contributed by atoms with Gasteiger partial charge >= 0.3 is 0 Å². The molecule has 0 saturated carbocycles. The monoisotopic (exact) mass is 235 g/mol. The van der Waals surface area contributed by atoms with Gasteiger partial charge in [0, 0.05) is 29.6 Å². The highest BCUT2D eigenvalue weighted by Gasteiger charge is 2.28. The molecule has 1 unspecified atom stereocenters. The Kier molecular flexibility index (Phi) is 3.75. The number of amides is 1. The van der Waals surface area contributed by atoms with E-state index in [1.807, 2.05) is 40.2 Å². The van der Waals surface area contributed by atoms with Crippen molar-refractivity contribution in [2.75, 3.05) is 35.4 Å². The summed E-state index contributed by atoms with van der Waals surface area (Å²) >= 11 is 5.62. The molecule has 1 amide bonds. The number of hydrogen-bond acceptors (Lipinski definition) is 4. The average molecular weight is 235 g/mol. The predicted octanol–water partition coefficient (Wildman–Crippen LogP) is 1.37. The summed E-state index contributed by atoms with van der Waals surface area (Å²) in [4.78, 5) is 13.9. The first-order chi connectivity index (χ1) is 6.38. The first kappa shape index (κ1) is 10.1. The fourth-order valence-electron chi connectivity index (χ4n) is 1.42. The molecular weight excluding hydrogens is 222 g/mol. The van der Waals surface area contributed by atoms with Crippen LogP contribution in [0.4, 0.5) is 0 Å². The minimum atomic E-state index is 0.248. The summed E-state index contributed by atoms with van der Waals surface area (Å²) in [6.07, 6.45) is 0. The molecule has 2 heterocycles. The minimum absolute atomic E-state index is 0.248. The number of carbonyl (C=O) groups excluding carboxylic acids is 1. The van der Waals surface area contributed by atoms with E-state index in [-0.39, 0.29) is 5.25 Å². The standard InChI is InChI=1S/C8H13NOS3/c10-8(9-1-2-12-6-9)7-5-11-3-4-13-7/h7H,1-6H2. The summed E-state index contributed by atoms with van der Waals surface area (Å²) in [5, 5.41) is 0.248. The van der Waals surface area contributed by atoms with Crippen molar-refractivity contribution in [2.45, 2.75) is 5.25 Å². The summed E-state index contributed by atoms with van der Waals surface area (Å²) in [5.41, 5.74) is 0. The first-order valence-corrected chi connectivity index (χ1v) is 7.79. The SMILES string of the molecule is O=C(C1CSCCS1)N1CCSC1. The Hall–Kier alpha value is 0.520. The van der Waals surface area contributed by atoms with Crippen LogP contribution in [0, 0.1) is 0 Å². The van der Waals surface area contributed by atoms with Crippen molar-refractivity contribution in [1.82, 2.24) is 4.90 Å². The zero-order valence-corrected chi connectivity index (χ0v) is 9.85. The van der Waals surface area contributed by atoms with Gasteiger partial charge < -0.3 is 4.90 Å². The van der Waals surface area contributed by atoms with Gasteiger partial charge in [0.15, 0.2) is 0 Å². The molecule has 0 bridgehead atoms. The maximum atomic E-state index is 11.9. The van der Waals surface area contributed by atoms with Gasteiger partial charge in [0.2, 0.25) is 5.91 Å². The van der Waals surface area contributed by atoms with Crippen LogP contribution in [0.25, 0.3) is 0 Å². The zero-order chi connectivity index (χ0) is 9.10. The quantitative estimate of drug-likeness (QED) is 0.684. The molecule has 0 spiro atoms. The van der Waals surface area contributed by atoms with Crippen LogP contribution < -0.4 is 0 Å². The normalized spacial score (nSPS) is 29.2. The maximum Gasteiger partial charge on any atom is 0.237 e. The Morgan fingerprint density at radius 1 is 1.23 bits per heavy atom. The summed E-state index contributed by atoms with van der Waals surface area (Å²) in [6, 6.07) is 0. The Labute approximate surface area is 91.6 Å². The van der Waals surface area contributed by atoms with E-state index in [2.05, 4.69) is 0 Å². The van der Waals surface area contributed by atoms with Crippen LogP contribution in [0.5, 0.6) is 0 Å². The third-order valence-corrected chi connectivity index (χ3v) is 5.86. The van der Waals surface area contributed by atoms with E-state index in [0.717, 1.165) is 29.7 Å². The van der Waals surface area contributed by atoms with E-state index in [4.69, 9.17) is 0 Å². The van der Waals surface area contributed by atoms with Gasteiger partial charge in [-0.25, -0.2) is 0 Å². The summed E-state index contributed by atoms with van der Waals surface area (Å²) < 4.78 is 0. The van der Waals surface area contributed by atoms with Crippen LogP contribution in [-0.4, -0.2) is 51.5 Å². The highest BCUT2D eigenvalue weighted by molar-refractivity contribution is 8.07. The number of hydrogen-bond donors (Lipinski definition) is 0. The second-order valence-corrected chi connectivity index (χ2v) is 6.61. The molecule has 1 atom stereocenters. The van der Waals surface area contributed by atoms with Gasteiger partial charge in [-0.05, 0) is 0 Å². The molecule has 0 N–H and O–H groups in total. The molecule has 2 rings (SSSR count). The van der Waals surface area contributed by atoms with Crippen LogP contribution in [-0.2, 0) is 4.79 Å². The zero-order valence-electron chi connectivity index (χ0n) is 7.40. The van der Waals surface area contributed by atoms with Gasteiger partial charge in [0.1, 0.15) is 0 Å². The molecule has 74 valence electrons. The Balaban J connectivity index is 1.87. The minimum Gasteiger partial charge on any atom is -0.332 e. The topological polar surface area (TPSA) is 20.3 Å². The largest absolute Gasteiger partial charge is 0.332 e. The van der Waals surface area contributed by atoms with Crippen molar-refractivity contribution in [1.29, 1.82) is 0 Å². The van der Waals surface area contributed by atoms with Gasteiger partial charge in [0.05, 0.1) is 11.1 Å². The van der Waals surface area contributed by atoms with Crippen molar-refractivity contribution in [2.24, 2.45) is 0 Å². The molecule has 2 aliphatic heterocycles. The Morgan fingerprint density at radius 2 is 2.15 bits per heavy atom. The van der Waals surface area contributed by atoms with Crippen LogP contribution in [0.15, 0.2) is 0 Å². The molecule has 2 nitrogen and oxygen atoms in total. The van der Waals surface area contributed by atoms with Crippen molar-refractivity contribution in [3.05, 3.63) is 0 Å². The Bertz CT molecular complexity index is 188. The molecule has 2 fully saturated rings. The summed E-state index contributed by atoms with van der Waals surface area (Å²) in [5.74, 6) is 5.79. The van der Waals surface area contributed by atoms with Crippen LogP contribution in [0.1, 0.15) is 0 Å². The van der Waals surface area contributed by atoms with E-state index in [1.54, 1.807) is 0 Å². The summed E-state index contributed by atoms with van der Waals surface area (Å²) in [6.45, 7) is 0.964. The van der Waals surface area contributed by atoms with Gasteiger partial charge in [-0.15, -0.1) is 23.5 Å². The van der Waals surface area contributed by atoms with Crippen molar-refractivity contribution in [3.63, 3.8) is 0 Å². The van der Waals surface area contributed by atoms with Gasteiger partial charge in [0.25, 0.3) is 0 Å². The molecule has 0 aromatic rings. The highest BCUT2D eigenvalue weighted by Crippen LogP contribution is 2.27. The van der Waals surface area contributed by atoms with E-state index in [9.17, 15) is 4.79 Å². The molecule has 0 aliphatic carbocycles. The predicted molar refractivity (Wildman–Crippen MR) is 62.6 cm³/mol. The number of rotatable bonds is 1. The maximum absolute atomic E-state index is 11.9. The second-order valence-electron chi connectivity index (χ2n) is 3.07. The second kappa shape index (κ2) is 4.84. The van der Waals surface area contributed by atoms with Crippen LogP contribution in [0.2, 0.25) is 0 Å². The van der Waals surface area contributed by atoms with Crippen molar-refractivity contribution < 1.29 is 4.79 Å². The highest BCUT2D eigenvalue weighted by atomic mass is 32.2. The summed E-state index contributed by atoms with van der Waals surface area (Å²) in [7, 11) is 0. The lowest BCUT2D eigenvalue weighted by Crippen LogP contribution is -2.38. The fraction of sp³-hybridized carbons (Fsp3) is 0.875. The number of thioether (sulfide) groups is 3. The van der Waals surface area contributed by atoms with E-state index >= 15 is 0 Å². The average Bonchev–Trinajstić information content (AvgIpc) is 2.71. The first-order valence-electron chi connectivity index (χ1n) is 4.44. The smallest absolute Gasteiger partial charge is 0.237 e. The molecule has 5 heteroatoms. The third-order valence-electron chi connectivity index (χ3n) is 2.16. The molecule has 2 aliphatic rings. The molecule has 0 aromatic carbocycles. The van der Waals surface area contributed by atoms with E-state index in [0.29, 0.717) is 5.91 Å². The lowest BCUT2D eigenvalue weighted by molar-refractivity contribution is -0.128. The lowest BCUT2D eigenvalue weighted by Gasteiger charge is -2.24. The van der Waals surface area contributed by atoms with Crippen molar-refractivity contribution >= 4 is 41.2 Å². The third kappa shape index (κ3) is 2.50. The lowest BCUT2D eigenvalue weighted by atomic mass is 10.4. The molecule has 2 saturated heterocycles. The van der Waals surface area contributed by atoms with E-state index < -0.39 is 0 Å². The Morgan fingerprint density at radius 3 is 2.77 bits per heavy atom. The van der Waals surface area contributed by atoms with Gasteiger partial charge in [-0.1, -0.05) is 0 Å². The number of carbonyl (C=O) groups is 1. The fourth-order valence-corrected chi connectivity index (χ4v) is 5.01. The van der Waals surface area contributed by atoms with Crippen LogP contribution >= 0.6 is 35.3 Å². The van der Waals surface area contributed by atoms with Crippen LogP contribution in [0.3, 0.4) is 0 Å². The molecule has 13 heavy (non-hydrogen) atoms. The van der Waals surface area contributed by atoms with Crippen molar-refractivity contribution in [3.8, 4) is 0 Å². The molecule has 0 radical (unpaired) electrons. The van der Waals surface area contributed by atoms with E-state index in [1.165, 1.54) is 5.75 Å². The number of nitrogens with zero attached hydrogens (tertiary/aromatic N) is 1. The molecule has 0 aromatic heterocycles. The molecular formula is C8H13NOS3. The van der Waals surface area contributed by atoms with Gasteiger partial charge in [-0.2, -0.15) is 11.8 Å². The van der Waals surface area contributed by atoms with Gasteiger partial charge in [-0.3, -0.25) is 4.79 Å².